The molecule has 0 radical (unpaired) electrons. The molecule has 3 rings (SSSR count). The fourth-order valence-electron chi connectivity index (χ4n) is 2.15. The average molecular weight is 216 g/mol. The van der Waals surface area contributed by atoms with Gasteiger partial charge in [0.2, 0.25) is 0 Å². The minimum Gasteiger partial charge on any atom is -0.331 e. The zero-order valence-electron chi connectivity index (χ0n) is 9.03. The first-order chi connectivity index (χ1) is 7.75. The molecule has 0 atom stereocenters. The lowest BCUT2D eigenvalue weighted by atomic mass is 10.2. The summed E-state index contributed by atoms with van der Waals surface area (Å²) >= 11 is 0. The van der Waals surface area contributed by atoms with Gasteiger partial charge in [-0.25, -0.2) is 9.97 Å². The van der Waals surface area contributed by atoms with Crippen molar-refractivity contribution in [2.45, 2.75) is 19.3 Å². The second-order valence-electron chi connectivity index (χ2n) is 4.08. The summed E-state index contributed by atoms with van der Waals surface area (Å²) in [6.45, 7) is 0. The van der Waals surface area contributed by atoms with Crippen molar-refractivity contribution in [1.29, 1.82) is 0 Å². The average Bonchev–Trinajstić information content (AvgIpc) is 2.85. The van der Waals surface area contributed by atoms with Crippen LogP contribution in [0.25, 0.3) is 11.5 Å². The Kier molecular flexibility index (Phi) is 1.92. The molecule has 0 aromatic carbocycles. The highest BCUT2D eigenvalue weighted by atomic mass is 16.1. The Morgan fingerprint density at radius 1 is 1.44 bits per heavy atom. The van der Waals surface area contributed by atoms with Gasteiger partial charge in [0, 0.05) is 12.6 Å². The number of nitrogens with one attached hydrogen (secondary N) is 1. The lowest BCUT2D eigenvalue weighted by Crippen LogP contribution is -2.15. The van der Waals surface area contributed by atoms with Gasteiger partial charge in [-0.3, -0.25) is 4.79 Å². The van der Waals surface area contributed by atoms with Crippen molar-refractivity contribution < 1.29 is 0 Å². The third-order valence-corrected chi connectivity index (χ3v) is 3.00. The number of H-pyrrole nitrogens is 1. The van der Waals surface area contributed by atoms with Gasteiger partial charge >= 0.3 is 0 Å². The lowest BCUT2D eigenvalue weighted by Gasteiger charge is -2.03. The van der Waals surface area contributed by atoms with Crippen LogP contribution in [0.1, 0.15) is 17.7 Å². The summed E-state index contributed by atoms with van der Waals surface area (Å²) in [5.74, 6) is 0.616. The van der Waals surface area contributed by atoms with Crippen molar-refractivity contribution in [3.05, 3.63) is 34.1 Å². The first-order valence-electron chi connectivity index (χ1n) is 5.34. The first-order valence-corrected chi connectivity index (χ1v) is 5.34. The van der Waals surface area contributed by atoms with Gasteiger partial charge in [-0.1, -0.05) is 0 Å². The molecule has 82 valence electrons. The van der Waals surface area contributed by atoms with Crippen LogP contribution in [0, 0.1) is 0 Å². The molecule has 2 aromatic rings. The molecule has 1 aliphatic carbocycles. The van der Waals surface area contributed by atoms with E-state index in [4.69, 9.17) is 0 Å². The number of imidazole rings is 1. The summed E-state index contributed by atoms with van der Waals surface area (Å²) in [6, 6.07) is 0. The van der Waals surface area contributed by atoms with Crippen LogP contribution >= 0.6 is 0 Å². The van der Waals surface area contributed by atoms with E-state index >= 15 is 0 Å². The summed E-state index contributed by atoms with van der Waals surface area (Å²) in [6.07, 6.45) is 6.19. The normalized spacial score (nSPS) is 14.1. The fraction of sp³-hybridized carbons (Fsp3) is 0.364. The smallest absolute Gasteiger partial charge is 0.254 e. The van der Waals surface area contributed by atoms with Crippen LogP contribution in [-0.2, 0) is 19.9 Å². The van der Waals surface area contributed by atoms with Crippen molar-refractivity contribution in [3.63, 3.8) is 0 Å². The van der Waals surface area contributed by atoms with Crippen LogP contribution in [0.15, 0.2) is 17.3 Å². The van der Waals surface area contributed by atoms with Crippen LogP contribution in [0.5, 0.6) is 0 Å². The first kappa shape index (κ1) is 9.33. The molecule has 2 heterocycles. The van der Waals surface area contributed by atoms with Crippen LogP contribution < -0.4 is 5.56 Å². The van der Waals surface area contributed by atoms with Crippen molar-refractivity contribution in [2.24, 2.45) is 7.05 Å². The van der Waals surface area contributed by atoms with Gasteiger partial charge in [-0.2, -0.15) is 0 Å². The summed E-state index contributed by atoms with van der Waals surface area (Å²) in [7, 11) is 1.88. The summed E-state index contributed by atoms with van der Waals surface area (Å²) in [4.78, 5) is 23.2. The lowest BCUT2D eigenvalue weighted by molar-refractivity contribution is 0.891. The van der Waals surface area contributed by atoms with Crippen molar-refractivity contribution in [3.8, 4) is 11.5 Å². The number of hydrogen-bond donors (Lipinski definition) is 1. The molecule has 0 aliphatic heterocycles. The quantitative estimate of drug-likeness (QED) is 0.761. The molecule has 5 nitrogen and oxygen atoms in total. The van der Waals surface area contributed by atoms with Crippen LogP contribution in [-0.4, -0.2) is 19.5 Å². The number of nitrogens with zero attached hydrogens (tertiary/aromatic N) is 3. The van der Waals surface area contributed by atoms with E-state index in [-0.39, 0.29) is 5.56 Å². The van der Waals surface area contributed by atoms with E-state index in [1.54, 1.807) is 12.5 Å². The third kappa shape index (κ3) is 1.28. The number of aromatic amines is 1. The Bertz CT molecular complexity index is 596. The molecule has 0 spiro atoms. The molecule has 0 saturated carbocycles. The number of fused-ring (bicyclic) bond motifs is 1. The molecule has 0 amide bonds. The monoisotopic (exact) mass is 216 g/mol. The Morgan fingerprint density at radius 2 is 2.31 bits per heavy atom. The predicted octanol–water partition coefficient (Wildman–Crippen LogP) is 0.659. The van der Waals surface area contributed by atoms with Gasteiger partial charge < -0.3 is 9.55 Å². The van der Waals surface area contributed by atoms with E-state index < -0.39 is 0 Å². The molecule has 5 heteroatoms. The molecular formula is C11H12N4O. The largest absolute Gasteiger partial charge is 0.331 e. The Morgan fingerprint density at radius 3 is 3.06 bits per heavy atom. The SMILES string of the molecule is Cn1cncc1-c1nc2c(c(=O)[nH]1)CCC2. The standard InChI is InChI=1S/C11H12N4O/c1-15-6-12-5-9(15)10-13-8-4-2-3-7(8)11(16)14-10/h5-6H,2-4H2,1H3,(H,13,14,16). The van der Waals surface area contributed by atoms with E-state index in [1.165, 1.54) is 0 Å². The van der Waals surface area contributed by atoms with Crippen molar-refractivity contribution >= 4 is 0 Å². The summed E-state index contributed by atoms with van der Waals surface area (Å²) < 4.78 is 1.85. The Labute approximate surface area is 92.2 Å². The van der Waals surface area contributed by atoms with Crippen LogP contribution in [0.3, 0.4) is 0 Å². The van der Waals surface area contributed by atoms with E-state index in [0.717, 1.165) is 36.2 Å². The summed E-state index contributed by atoms with van der Waals surface area (Å²) in [5, 5.41) is 0. The third-order valence-electron chi connectivity index (χ3n) is 3.00. The predicted molar refractivity (Wildman–Crippen MR) is 59.1 cm³/mol. The second-order valence-corrected chi connectivity index (χ2v) is 4.08. The molecule has 0 unspecified atom stereocenters. The minimum absolute atomic E-state index is 0.00120. The van der Waals surface area contributed by atoms with Gasteiger partial charge in [0.25, 0.3) is 5.56 Å². The van der Waals surface area contributed by atoms with Gasteiger partial charge in [-0.05, 0) is 19.3 Å². The molecule has 16 heavy (non-hydrogen) atoms. The van der Waals surface area contributed by atoms with Gasteiger partial charge in [-0.15, -0.1) is 0 Å². The second kappa shape index (κ2) is 3.30. The number of aryl methyl sites for hydroxylation is 2. The number of hydrogen-bond acceptors (Lipinski definition) is 3. The zero-order valence-corrected chi connectivity index (χ0v) is 9.03. The highest BCUT2D eigenvalue weighted by Crippen LogP contribution is 2.19. The maximum atomic E-state index is 11.8. The Hall–Kier alpha value is -1.91. The van der Waals surface area contributed by atoms with Crippen LogP contribution in [0.2, 0.25) is 0 Å². The van der Waals surface area contributed by atoms with E-state index in [9.17, 15) is 4.79 Å². The zero-order chi connectivity index (χ0) is 11.1. The van der Waals surface area contributed by atoms with E-state index in [1.807, 2.05) is 11.6 Å². The number of aromatic nitrogens is 4. The van der Waals surface area contributed by atoms with Gasteiger partial charge in [0.05, 0.1) is 18.2 Å². The topological polar surface area (TPSA) is 63.6 Å². The van der Waals surface area contributed by atoms with E-state index in [2.05, 4.69) is 15.0 Å². The fourth-order valence-corrected chi connectivity index (χ4v) is 2.15. The Balaban J connectivity index is 2.21. The summed E-state index contributed by atoms with van der Waals surface area (Å²) in [5.41, 5.74) is 2.64. The maximum absolute atomic E-state index is 11.8. The highest BCUT2D eigenvalue weighted by molar-refractivity contribution is 5.49. The van der Waals surface area contributed by atoms with Crippen molar-refractivity contribution in [1.82, 2.24) is 19.5 Å². The molecule has 1 aliphatic rings. The van der Waals surface area contributed by atoms with Crippen LogP contribution in [0.4, 0.5) is 0 Å². The highest BCUT2D eigenvalue weighted by Gasteiger charge is 2.18. The van der Waals surface area contributed by atoms with Gasteiger partial charge in [0.1, 0.15) is 5.69 Å². The van der Waals surface area contributed by atoms with E-state index in [0.29, 0.717) is 5.82 Å². The number of rotatable bonds is 1. The molecule has 0 saturated heterocycles. The van der Waals surface area contributed by atoms with Crippen molar-refractivity contribution in [2.75, 3.05) is 0 Å². The molecule has 1 N–H and O–H groups in total. The molecule has 0 fully saturated rings. The molecule has 0 bridgehead atoms. The minimum atomic E-state index is -0.00120. The van der Waals surface area contributed by atoms with Gasteiger partial charge in [0.15, 0.2) is 5.82 Å². The maximum Gasteiger partial charge on any atom is 0.254 e. The molecular weight excluding hydrogens is 204 g/mol. The molecule has 2 aromatic heterocycles.